The van der Waals surface area contributed by atoms with E-state index >= 15 is 0 Å². The maximum atomic E-state index is 12.3. The Hall–Kier alpha value is -2.34. The van der Waals surface area contributed by atoms with Crippen molar-refractivity contribution in [1.29, 1.82) is 0 Å². The SMILES string of the molecule is C=CCN(CC=C)C(=O)CSc1nnc(C)n1Cc1ccccc1. The molecule has 0 aliphatic heterocycles. The Morgan fingerprint density at radius 1 is 1.21 bits per heavy atom. The van der Waals surface area contributed by atoms with Crippen LogP contribution in [-0.4, -0.2) is 44.4 Å². The Morgan fingerprint density at radius 3 is 2.50 bits per heavy atom. The summed E-state index contributed by atoms with van der Waals surface area (Å²) in [5.74, 6) is 1.18. The molecule has 0 fully saturated rings. The molecule has 24 heavy (non-hydrogen) atoms. The molecule has 1 amide bonds. The molecule has 0 aliphatic carbocycles. The van der Waals surface area contributed by atoms with Gasteiger partial charge in [0.1, 0.15) is 5.82 Å². The molecular formula is C18H22N4OS. The Labute approximate surface area is 147 Å². The summed E-state index contributed by atoms with van der Waals surface area (Å²) in [6.07, 6.45) is 3.43. The minimum atomic E-state index is 0.0340. The van der Waals surface area contributed by atoms with E-state index in [1.165, 1.54) is 17.3 Å². The van der Waals surface area contributed by atoms with Crippen LogP contribution in [0.3, 0.4) is 0 Å². The molecule has 2 aromatic rings. The third kappa shape index (κ3) is 4.83. The lowest BCUT2D eigenvalue weighted by Gasteiger charge is -2.18. The third-order valence-corrected chi connectivity index (χ3v) is 4.41. The van der Waals surface area contributed by atoms with Crippen molar-refractivity contribution in [3.8, 4) is 0 Å². The molecule has 2 rings (SSSR count). The average Bonchev–Trinajstić information content (AvgIpc) is 2.93. The van der Waals surface area contributed by atoms with Crippen molar-refractivity contribution in [3.05, 3.63) is 67.0 Å². The first kappa shape index (κ1) is 18.0. The molecule has 0 spiro atoms. The van der Waals surface area contributed by atoms with E-state index in [1.807, 2.05) is 29.7 Å². The second-order valence-corrected chi connectivity index (χ2v) is 6.21. The number of aromatic nitrogens is 3. The highest BCUT2D eigenvalue weighted by Gasteiger charge is 2.15. The van der Waals surface area contributed by atoms with Gasteiger partial charge in [-0.25, -0.2) is 0 Å². The Bertz CT molecular complexity index is 686. The van der Waals surface area contributed by atoms with Crippen LogP contribution in [0.1, 0.15) is 11.4 Å². The summed E-state index contributed by atoms with van der Waals surface area (Å²) >= 11 is 1.40. The average molecular weight is 342 g/mol. The molecule has 0 bridgehead atoms. The number of hydrogen-bond acceptors (Lipinski definition) is 4. The van der Waals surface area contributed by atoms with Crippen LogP contribution in [0, 0.1) is 6.92 Å². The summed E-state index contributed by atoms with van der Waals surface area (Å²) in [5.41, 5.74) is 1.17. The number of carbonyl (C=O) groups is 1. The highest BCUT2D eigenvalue weighted by molar-refractivity contribution is 7.99. The molecule has 5 nitrogen and oxygen atoms in total. The predicted molar refractivity (Wildman–Crippen MR) is 98.0 cm³/mol. The number of amides is 1. The van der Waals surface area contributed by atoms with Gasteiger partial charge in [0.05, 0.1) is 12.3 Å². The van der Waals surface area contributed by atoms with Crippen LogP contribution in [0.2, 0.25) is 0 Å². The summed E-state index contributed by atoms with van der Waals surface area (Å²) < 4.78 is 2.03. The maximum absolute atomic E-state index is 12.3. The van der Waals surface area contributed by atoms with Crippen molar-refractivity contribution in [2.24, 2.45) is 0 Å². The summed E-state index contributed by atoms with van der Waals surface area (Å²) in [5, 5.41) is 9.09. The molecule has 6 heteroatoms. The zero-order valence-corrected chi connectivity index (χ0v) is 14.7. The second-order valence-electron chi connectivity index (χ2n) is 5.27. The topological polar surface area (TPSA) is 51.0 Å². The van der Waals surface area contributed by atoms with Crippen LogP contribution in [0.5, 0.6) is 0 Å². The van der Waals surface area contributed by atoms with E-state index in [0.717, 1.165) is 11.0 Å². The molecule has 0 radical (unpaired) electrons. The van der Waals surface area contributed by atoms with Gasteiger partial charge in [-0.15, -0.1) is 23.4 Å². The van der Waals surface area contributed by atoms with Crippen LogP contribution >= 0.6 is 11.8 Å². The fourth-order valence-corrected chi connectivity index (χ4v) is 3.11. The number of aryl methyl sites for hydroxylation is 1. The van der Waals surface area contributed by atoms with Gasteiger partial charge >= 0.3 is 0 Å². The summed E-state index contributed by atoms with van der Waals surface area (Å²) in [6, 6.07) is 10.1. The van der Waals surface area contributed by atoms with E-state index in [2.05, 4.69) is 35.5 Å². The number of hydrogen-bond donors (Lipinski definition) is 0. The normalized spacial score (nSPS) is 10.4. The Balaban J connectivity index is 2.04. The van der Waals surface area contributed by atoms with Gasteiger partial charge in [-0.05, 0) is 12.5 Å². The van der Waals surface area contributed by atoms with Gasteiger partial charge in [0.25, 0.3) is 0 Å². The van der Waals surface area contributed by atoms with Crippen molar-refractivity contribution < 1.29 is 4.79 Å². The van der Waals surface area contributed by atoms with Gasteiger partial charge in [0.2, 0.25) is 5.91 Å². The number of thioether (sulfide) groups is 1. The van der Waals surface area contributed by atoms with E-state index < -0.39 is 0 Å². The fraction of sp³-hybridized carbons (Fsp3) is 0.278. The number of rotatable bonds is 9. The molecule has 0 saturated heterocycles. The van der Waals surface area contributed by atoms with E-state index in [4.69, 9.17) is 0 Å². The molecule has 0 unspecified atom stereocenters. The van der Waals surface area contributed by atoms with Crippen molar-refractivity contribution in [2.75, 3.05) is 18.8 Å². The largest absolute Gasteiger partial charge is 0.335 e. The van der Waals surface area contributed by atoms with Crippen LogP contribution in [0.25, 0.3) is 0 Å². The number of nitrogens with zero attached hydrogens (tertiary/aromatic N) is 4. The minimum absolute atomic E-state index is 0.0340. The lowest BCUT2D eigenvalue weighted by atomic mass is 10.2. The Morgan fingerprint density at radius 2 is 1.88 bits per heavy atom. The molecule has 1 aromatic carbocycles. The molecule has 0 aliphatic rings. The summed E-state index contributed by atoms with van der Waals surface area (Å²) in [7, 11) is 0. The van der Waals surface area contributed by atoms with E-state index in [1.54, 1.807) is 17.1 Å². The summed E-state index contributed by atoms with van der Waals surface area (Å²) in [6.45, 7) is 11.0. The van der Waals surface area contributed by atoms with Gasteiger partial charge < -0.3 is 9.47 Å². The van der Waals surface area contributed by atoms with Crippen LogP contribution in [-0.2, 0) is 11.3 Å². The first-order valence-electron chi connectivity index (χ1n) is 7.71. The molecule has 0 atom stereocenters. The van der Waals surface area contributed by atoms with Crippen LogP contribution in [0.4, 0.5) is 0 Å². The molecular weight excluding hydrogens is 320 g/mol. The smallest absolute Gasteiger partial charge is 0.233 e. The van der Waals surface area contributed by atoms with Gasteiger partial charge in [-0.3, -0.25) is 4.79 Å². The first-order chi connectivity index (χ1) is 11.7. The zero-order chi connectivity index (χ0) is 17.4. The highest BCUT2D eigenvalue weighted by Crippen LogP contribution is 2.19. The summed E-state index contributed by atoms with van der Waals surface area (Å²) in [4.78, 5) is 14.0. The molecule has 1 aromatic heterocycles. The van der Waals surface area contributed by atoms with Gasteiger partial charge in [0.15, 0.2) is 5.16 Å². The quantitative estimate of drug-likeness (QED) is 0.519. The van der Waals surface area contributed by atoms with E-state index in [-0.39, 0.29) is 5.91 Å². The van der Waals surface area contributed by atoms with Crippen molar-refractivity contribution in [3.63, 3.8) is 0 Å². The van der Waals surface area contributed by atoms with Crippen LogP contribution in [0.15, 0.2) is 60.8 Å². The molecule has 0 N–H and O–H groups in total. The van der Waals surface area contributed by atoms with Crippen molar-refractivity contribution in [2.45, 2.75) is 18.6 Å². The molecule has 1 heterocycles. The fourth-order valence-electron chi connectivity index (χ4n) is 2.22. The first-order valence-corrected chi connectivity index (χ1v) is 8.70. The standard InChI is InChI=1S/C18H22N4OS/c1-4-11-21(12-5-2)17(23)14-24-18-20-19-15(3)22(18)13-16-9-7-6-8-10-16/h4-10H,1-2,11-14H2,3H3. The van der Waals surface area contributed by atoms with Gasteiger partial charge in [-0.2, -0.15) is 0 Å². The predicted octanol–water partition coefficient (Wildman–Crippen LogP) is 2.93. The number of carbonyl (C=O) groups excluding carboxylic acids is 1. The lowest BCUT2D eigenvalue weighted by Crippen LogP contribution is -2.32. The molecule has 126 valence electrons. The van der Waals surface area contributed by atoms with E-state index in [0.29, 0.717) is 25.4 Å². The maximum Gasteiger partial charge on any atom is 0.233 e. The lowest BCUT2D eigenvalue weighted by molar-refractivity contribution is -0.127. The second kappa shape index (κ2) is 9.08. The third-order valence-electron chi connectivity index (χ3n) is 3.46. The Kier molecular flexibility index (Phi) is 6.81. The van der Waals surface area contributed by atoms with Crippen LogP contribution < -0.4 is 0 Å². The number of benzene rings is 1. The van der Waals surface area contributed by atoms with Crippen molar-refractivity contribution >= 4 is 17.7 Å². The van der Waals surface area contributed by atoms with E-state index in [9.17, 15) is 4.79 Å². The van der Waals surface area contributed by atoms with Gasteiger partial charge in [0, 0.05) is 13.1 Å². The van der Waals surface area contributed by atoms with Crippen molar-refractivity contribution in [1.82, 2.24) is 19.7 Å². The van der Waals surface area contributed by atoms with Gasteiger partial charge in [-0.1, -0.05) is 54.2 Å². The molecule has 0 saturated carbocycles. The monoisotopic (exact) mass is 342 g/mol. The minimum Gasteiger partial charge on any atom is -0.335 e. The highest BCUT2D eigenvalue weighted by atomic mass is 32.2. The zero-order valence-electron chi connectivity index (χ0n) is 13.9.